The molecule has 3 aromatic rings. The van der Waals surface area contributed by atoms with Crippen LogP contribution in [0, 0.1) is 0 Å². The summed E-state index contributed by atoms with van der Waals surface area (Å²) < 4.78 is 16.7. The molecule has 2 aliphatic rings. The van der Waals surface area contributed by atoms with Crippen molar-refractivity contribution in [1.29, 1.82) is 0 Å². The van der Waals surface area contributed by atoms with Crippen molar-refractivity contribution < 1.29 is 28.9 Å². The van der Waals surface area contributed by atoms with E-state index in [1.807, 2.05) is 44.2 Å². The second kappa shape index (κ2) is 10.0. The summed E-state index contributed by atoms with van der Waals surface area (Å²) in [6.07, 6.45) is 1.63. The number of ketones is 1. The van der Waals surface area contributed by atoms with Gasteiger partial charge in [0.05, 0.1) is 25.3 Å². The highest BCUT2D eigenvalue weighted by atomic mass is 16.5. The van der Waals surface area contributed by atoms with E-state index in [0.29, 0.717) is 41.3 Å². The fourth-order valence-corrected chi connectivity index (χ4v) is 4.85. The van der Waals surface area contributed by atoms with E-state index >= 15 is 0 Å². The van der Waals surface area contributed by atoms with Gasteiger partial charge in [-0.2, -0.15) is 0 Å². The predicted octanol–water partition coefficient (Wildman–Crippen LogP) is 5.43. The molecule has 0 aromatic heterocycles. The number of Topliss-reactive ketones (excluding diaryl/α,β-unsaturated/α-hetero) is 1. The maximum atomic E-state index is 13.4. The highest BCUT2D eigenvalue weighted by molar-refractivity contribution is 6.51. The van der Waals surface area contributed by atoms with Crippen molar-refractivity contribution in [2.24, 2.45) is 0 Å². The highest BCUT2D eigenvalue weighted by Crippen LogP contribution is 2.43. The van der Waals surface area contributed by atoms with E-state index in [9.17, 15) is 14.7 Å². The van der Waals surface area contributed by atoms with E-state index in [1.54, 1.807) is 43.5 Å². The number of nitrogens with zero attached hydrogens (tertiary/aromatic N) is 1. The number of amides is 1. The Labute approximate surface area is 215 Å². The first-order valence-corrected chi connectivity index (χ1v) is 12.4. The van der Waals surface area contributed by atoms with Crippen molar-refractivity contribution >= 4 is 23.1 Å². The van der Waals surface area contributed by atoms with Crippen LogP contribution in [-0.2, 0) is 16.0 Å². The Balaban J connectivity index is 1.62. The maximum absolute atomic E-state index is 13.4. The molecule has 7 nitrogen and oxygen atoms in total. The van der Waals surface area contributed by atoms with Gasteiger partial charge < -0.3 is 19.3 Å². The molecule has 2 atom stereocenters. The van der Waals surface area contributed by atoms with Crippen LogP contribution in [0.25, 0.3) is 5.76 Å². The van der Waals surface area contributed by atoms with Crippen LogP contribution >= 0.6 is 0 Å². The second-order valence-electron chi connectivity index (χ2n) is 9.24. The number of rotatable bonds is 7. The molecule has 2 aliphatic heterocycles. The first-order chi connectivity index (χ1) is 17.9. The third-order valence-electron chi connectivity index (χ3n) is 6.63. The largest absolute Gasteiger partial charge is 0.507 e. The first kappa shape index (κ1) is 24.4. The van der Waals surface area contributed by atoms with Gasteiger partial charge in [-0.3, -0.25) is 14.5 Å². The summed E-state index contributed by atoms with van der Waals surface area (Å²) in [5.41, 5.74) is 2.66. The number of fused-ring (bicyclic) bond motifs is 1. The molecule has 0 radical (unpaired) electrons. The van der Waals surface area contributed by atoms with Crippen LogP contribution in [0.15, 0.2) is 72.3 Å². The molecule has 3 aromatic carbocycles. The number of anilines is 1. The molecule has 1 amide bonds. The zero-order valence-corrected chi connectivity index (χ0v) is 21.1. The van der Waals surface area contributed by atoms with Crippen LogP contribution in [0.1, 0.15) is 43.0 Å². The number of carbonyl (C=O) groups excluding carboxylic acids is 2. The minimum absolute atomic E-state index is 0.0370. The van der Waals surface area contributed by atoms with E-state index in [0.717, 1.165) is 17.7 Å². The average molecular weight is 500 g/mol. The lowest BCUT2D eigenvalue weighted by Gasteiger charge is -2.25. The van der Waals surface area contributed by atoms with Crippen molar-refractivity contribution in [2.45, 2.75) is 38.8 Å². The number of methoxy groups -OCH3 is 1. The van der Waals surface area contributed by atoms with E-state index < -0.39 is 17.7 Å². The van der Waals surface area contributed by atoms with Gasteiger partial charge in [0.2, 0.25) is 0 Å². The molecule has 190 valence electrons. The summed E-state index contributed by atoms with van der Waals surface area (Å²) in [4.78, 5) is 28.2. The summed E-state index contributed by atoms with van der Waals surface area (Å²) >= 11 is 0. The number of ether oxygens (including phenoxy) is 3. The van der Waals surface area contributed by atoms with Gasteiger partial charge in [-0.15, -0.1) is 0 Å². The number of aliphatic hydroxyl groups excluding tert-OH is 1. The zero-order valence-electron chi connectivity index (χ0n) is 21.1. The Morgan fingerprint density at radius 3 is 2.41 bits per heavy atom. The van der Waals surface area contributed by atoms with E-state index in [1.165, 1.54) is 4.90 Å². The molecule has 1 saturated heterocycles. The summed E-state index contributed by atoms with van der Waals surface area (Å²) in [5, 5.41) is 11.4. The molecule has 0 spiro atoms. The van der Waals surface area contributed by atoms with Crippen molar-refractivity contribution in [3.05, 3.63) is 89.0 Å². The maximum Gasteiger partial charge on any atom is 0.300 e. The Hall–Kier alpha value is -4.26. The summed E-state index contributed by atoms with van der Waals surface area (Å²) in [7, 11) is 1.56. The van der Waals surface area contributed by atoms with Crippen molar-refractivity contribution in [1.82, 2.24) is 0 Å². The number of aliphatic hydroxyl groups is 1. The molecular weight excluding hydrogens is 470 g/mol. The standard InChI is InChI=1S/C30H29NO6/c1-4-15-36-24-10-5-19(6-11-24)27-26(28(32)20-7-14-25-21(17-20)16-18(2)37-25)29(33)30(34)31(27)22-8-12-23(35-3)13-9-22/h5-14,17-18,27,32H,4,15-16H2,1-3H3/b28-26-. The Morgan fingerprint density at radius 1 is 1.03 bits per heavy atom. The predicted molar refractivity (Wildman–Crippen MR) is 140 cm³/mol. The van der Waals surface area contributed by atoms with Crippen LogP contribution in [0.5, 0.6) is 17.2 Å². The Bertz CT molecular complexity index is 1360. The number of hydrogen-bond donors (Lipinski definition) is 1. The highest BCUT2D eigenvalue weighted by Gasteiger charge is 2.47. The monoisotopic (exact) mass is 499 g/mol. The molecule has 7 heteroatoms. The number of benzene rings is 3. The van der Waals surface area contributed by atoms with Crippen molar-refractivity contribution in [3.8, 4) is 17.2 Å². The van der Waals surface area contributed by atoms with Gasteiger partial charge in [-0.05, 0) is 79.1 Å². The lowest BCUT2D eigenvalue weighted by Crippen LogP contribution is -2.29. The van der Waals surface area contributed by atoms with Crippen molar-refractivity contribution in [3.63, 3.8) is 0 Å². The molecule has 0 aliphatic carbocycles. The average Bonchev–Trinajstić information content (AvgIpc) is 3.42. The zero-order chi connectivity index (χ0) is 26.1. The molecule has 0 saturated carbocycles. The molecular formula is C30H29NO6. The van der Waals surface area contributed by atoms with E-state index in [2.05, 4.69) is 0 Å². The lowest BCUT2D eigenvalue weighted by molar-refractivity contribution is -0.132. The van der Waals surface area contributed by atoms with Gasteiger partial charge >= 0.3 is 0 Å². The van der Waals surface area contributed by atoms with Crippen molar-refractivity contribution in [2.75, 3.05) is 18.6 Å². The SMILES string of the molecule is CCCOc1ccc(C2/C(=C(/O)c3ccc4c(c3)CC(C)O4)C(=O)C(=O)N2c2ccc(OC)cc2)cc1. The molecule has 0 bridgehead atoms. The molecule has 2 unspecified atom stereocenters. The molecule has 1 fully saturated rings. The second-order valence-corrected chi connectivity index (χ2v) is 9.24. The van der Waals surface area contributed by atoms with Crippen LogP contribution < -0.4 is 19.1 Å². The third-order valence-corrected chi connectivity index (χ3v) is 6.63. The summed E-state index contributed by atoms with van der Waals surface area (Å²) in [6, 6.07) is 18.7. The van der Waals surface area contributed by atoms with Gasteiger partial charge in [-0.25, -0.2) is 0 Å². The molecule has 1 N–H and O–H groups in total. The Kier molecular flexibility index (Phi) is 6.61. The minimum atomic E-state index is -0.822. The summed E-state index contributed by atoms with van der Waals surface area (Å²) in [6.45, 7) is 4.60. The minimum Gasteiger partial charge on any atom is -0.507 e. The number of carbonyl (C=O) groups is 2. The van der Waals surface area contributed by atoms with E-state index in [4.69, 9.17) is 14.2 Å². The van der Waals surface area contributed by atoms with Gasteiger partial charge in [0.15, 0.2) is 0 Å². The van der Waals surface area contributed by atoms with Crippen LogP contribution in [0.4, 0.5) is 5.69 Å². The fourth-order valence-electron chi connectivity index (χ4n) is 4.85. The number of hydrogen-bond acceptors (Lipinski definition) is 6. The fraction of sp³-hybridized carbons (Fsp3) is 0.267. The molecule has 37 heavy (non-hydrogen) atoms. The van der Waals surface area contributed by atoms with Gasteiger partial charge in [0.1, 0.15) is 29.1 Å². The smallest absolute Gasteiger partial charge is 0.300 e. The Morgan fingerprint density at radius 2 is 1.73 bits per heavy atom. The van der Waals surface area contributed by atoms with Gasteiger partial charge in [-0.1, -0.05) is 19.1 Å². The van der Waals surface area contributed by atoms with Crippen LogP contribution in [0.2, 0.25) is 0 Å². The van der Waals surface area contributed by atoms with E-state index in [-0.39, 0.29) is 17.4 Å². The summed E-state index contributed by atoms with van der Waals surface area (Å²) in [5.74, 6) is 0.425. The van der Waals surface area contributed by atoms with Crippen LogP contribution in [0.3, 0.4) is 0 Å². The molecule has 5 rings (SSSR count). The first-order valence-electron chi connectivity index (χ1n) is 12.4. The lowest BCUT2D eigenvalue weighted by atomic mass is 9.94. The topological polar surface area (TPSA) is 85.3 Å². The third kappa shape index (κ3) is 4.53. The van der Waals surface area contributed by atoms with Gasteiger partial charge in [0, 0.05) is 17.7 Å². The quantitative estimate of drug-likeness (QED) is 0.265. The van der Waals surface area contributed by atoms with Gasteiger partial charge in [0.25, 0.3) is 11.7 Å². The van der Waals surface area contributed by atoms with Crippen LogP contribution in [-0.4, -0.2) is 36.6 Å². The molecule has 2 heterocycles. The normalized spacial score (nSPS) is 20.0.